The number of nitrogens with one attached hydrogen (secondary N) is 1. The van der Waals surface area contributed by atoms with E-state index in [-0.39, 0.29) is 5.91 Å². The Hall–Kier alpha value is -0.810. The van der Waals surface area contributed by atoms with Crippen LogP contribution in [0, 0.1) is 0 Å². The van der Waals surface area contributed by atoms with Crippen LogP contribution in [0.15, 0.2) is 16.7 Å². The Morgan fingerprint density at radius 3 is 2.80 bits per heavy atom. The molecule has 1 aromatic rings. The first-order valence-corrected chi connectivity index (χ1v) is 8.34. The summed E-state index contributed by atoms with van der Waals surface area (Å²) in [4.78, 5) is 14.8. The van der Waals surface area contributed by atoms with Gasteiger partial charge < -0.3 is 9.88 Å². The lowest BCUT2D eigenvalue weighted by atomic mass is 10.3. The lowest BCUT2D eigenvalue weighted by Gasteiger charge is -2.23. The highest BCUT2D eigenvalue weighted by Crippen LogP contribution is 2.37. The van der Waals surface area contributed by atoms with Gasteiger partial charge in [0.15, 0.2) is 0 Å². The smallest absolute Gasteiger partial charge is 0.268 e. The average Bonchev–Trinajstić information content (AvgIpc) is 2.98. The zero-order valence-corrected chi connectivity index (χ0v) is 13.5. The Kier molecular flexibility index (Phi) is 4.17. The topological polar surface area (TPSA) is 37.3 Å². The highest BCUT2D eigenvalue weighted by molar-refractivity contribution is 9.10. The van der Waals surface area contributed by atoms with Crippen molar-refractivity contribution in [3.8, 4) is 0 Å². The zero-order valence-electron chi connectivity index (χ0n) is 11.9. The van der Waals surface area contributed by atoms with E-state index >= 15 is 0 Å². The Morgan fingerprint density at radius 2 is 2.15 bits per heavy atom. The molecule has 1 saturated heterocycles. The van der Waals surface area contributed by atoms with Crippen molar-refractivity contribution in [2.75, 3.05) is 19.6 Å². The molecule has 1 saturated carbocycles. The first kappa shape index (κ1) is 14.1. The SMILES string of the molecule is CC(CNC(=O)c1cc(Br)cn1C1CC1)N1CCCC1. The van der Waals surface area contributed by atoms with Gasteiger partial charge in [0.2, 0.25) is 0 Å². The second-order valence-electron chi connectivity index (χ2n) is 5.98. The van der Waals surface area contributed by atoms with Crippen molar-refractivity contribution >= 4 is 21.8 Å². The van der Waals surface area contributed by atoms with Gasteiger partial charge in [0.25, 0.3) is 5.91 Å². The van der Waals surface area contributed by atoms with E-state index in [4.69, 9.17) is 0 Å². The van der Waals surface area contributed by atoms with Crippen molar-refractivity contribution in [2.24, 2.45) is 0 Å². The number of nitrogens with zero attached hydrogens (tertiary/aromatic N) is 2. The quantitative estimate of drug-likeness (QED) is 0.895. The fourth-order valence-electron chi connectivity index (χ4n) is 2.92. The number of carbonyl (C=O) groups excluding carboxylic acids is 1. The fourth-order valence-corrected chi connectivity index (χ4v) is 3.36. The normalized spacial score (nSPS) is 21.1. The third-order valence-electron chi connectivity index (χ3n) is 4.31. The van der Waals surface area contributed by atoms with E-state index in [0.717, 1.165) is 16.7 Å². The number of hydrogen-bond donors (Lipinski definition) is 1. The van der Waals surface area contributed by atoms with E-state index < -0.39 is 0 Å². The summed E-state index contributed by atoms with van der Waals surface area (Å²) in [5.74, 6) is 0.0497. The summed E-state index contributed by atoms with van der Waals surface area (Å²) in [5.41, 5.74) is 0.785. The Bertz CT molecular complexity index is 489. The second kappa shape index (κ2) is 5.90. The van der Waals surface area contributed by atoms with E-state index in [2.05, 4.69) is 37.6 Å². The van der Waals surface area contributed by atoms with Crippen LogP contribution in [0.1, 0.15) is 49.1 Å². The van der Waals surface area contributed by atoms with Gasteiger partial charge in [-0.05, 0) is 67.7 Å². The summed E-state index contributed by atoms with van der Waals surface area (Å²) in [6, 6.07) is 2.88. The molecule has 5 heteroatoms. The van der Waals surface area contributed by atoms with Gasteiger partial charge in [-0.15, -0.1) is 0 Å². The summed E-state index contributed by atoms with van der Waals surface area (Å²) in [5, 5.41) is 3.09. The van der Waals surface area contributed by atoms with Crippen molar-refractivity contribution in [2.45, 2.75) is 44.7 Å². The van der Waals surface area contributed by atoms with Gasteiger partial charge in [-0.3, -0.25) is 9.69 Å². The molecule has 0 radical (unpaired) electrons. The van der Waals surface area contributed by atoms with Gasteiger partial charge in [-0.1, -0.05) is 0 Å². The van der Waals surface area contributed by atoms with Crippen LogP contribution in [0.4, 0.5) is 0 Å². The maximum absolute atomic E-state index is 12.4. The molecule has 2 aliphatic rings. The molecule has 1 aliphatic heterocycles. The minimum atomic E-state index is 0.0497. The van der Waals surface area contributed by atoms with Crippen LogP contribution >= 0.6 is 15.9 Å². The van der Waals surface area contributed by atoms with E-state index in [1.54, 1.807) is 0 Å². The number of halogens is 1. The predicted octanol–water partition coefficient (Wildman–Crippen LogP) is 2.80. The molecular formula is C15H22BrN3O. The van der Waals surface area contributed by atoms with Gasteiger partial charge in [-0.25, -0.2) is 0 Å². The van der Waals surface area contributed by atoms with Gasteiger partial charge in [0, 0.05) is 29.3 Å². The average molecular weight is 340 g/mol. The van der Waals surface area contributed by atoms with Gasteiger partial charge in [0.1, 0.15) is 5.69 Å². The molecule has 1 aliphatic carbocycles. The molecule has 2 heterocycles. The molecule has 0 spiro atoms. The standard InChI is InChI=1S/C15H22BrN3O/c1-11(18-6-2-3-7-18)9-17-15(20)14-8-12(16)10-19(14)13-4-5-13/h8,10-11,13H,2-7,9H2,1H3,(H,17,20). The number of aromatic nitrogens is 1. The van der Waals surface area contributed by atoms with Crippen LogP contribution in [-0.2, 0) is 0 Å². The van der Waals surface area contributed by atoms with Crippen molar-refractivity contribution in [1.29, 1.82) is 0 Å². The summed E-state index contributed by atoms with van der Waals surface area (Å²) in [6.07, 6.45) is 6.97. The van der Waals surface area contributed by atoms with E-state index in [1.807, 2.05) is 12.3 Å². The molecule has 0 aromatic carbocycles. The van der Waals surface area contributed by atoms with Crippen LogP contribution in [0.25, 0.3) is 0 Å². The van der Waals surface area contributed by atoms with Crippen molar-refractivity contribution in [1.82, 2.24) is 14.8 Å². The van der Waals surface area contributed by atoms with E-state index in [0.29, 0.717) is 12.1 Å². The third-order valence-corrected chi connectivity index (χ3v) is 4.74. The molecule has 0 bridgehead atoms. The number of hydrogen-bond acceptors (Lipinski definition) is 2. The number of carbonyl (C=O) groups is 1. The lowest BCUT2D eigenvalue weighted by molar-refractivity contribution is 0.0931. The minimum absolute atomic E-state index is 0.0497. The van der Waals surface area contributed by atoms with Crippen molar-refractivity contribution < 1.29 is 4.79 Å². The molecule has 1 unspecified atom stereocenters. The first-order valence-electron chi connectivity index (χ1n) is 7.55. The molecule has 4 nitrogen and oxygen atoms in total. The zero-order chi connectivity index (χ0) is 14.1. The monoisotopic (exact) mass is 339 g/mol. The summed E-state index contributed by atoms with van der Waals surface area (Å²) in [6.45, 7) is 5.26. The van der Waals surface area contributed by atoms with E-state index in [1.165, 1.54) is 38.8 Å². The fraction of sp³-hybridized carbons (Fsp3) is 0.667. The largest absolute Gasteiger partial charge is 0.349 e. The van der Waals surface area contributed by atoms with E-state index in [9.17, 15) is 4.79 Å². The Balaban J connectivity index is 1.58. The van der Waals surface area contributed by atoms with Crippen molar-refractivity contribution in [3.05, 3.63) is 22.4 Å². The molecule has 20 heavy (non-hydrogen) atoms. The number of likely N-dealkylation sites (tertiary alicyclic amines) is 1. The molecule has 1 aromatic heterocycles. The molecule has 1 N–H and O–H groups in total. The molecule has 3 rings (SSSR count). The number of rotatable bonds is 5. The Labute approximate surface area is 128 Å². The van der Waals surface area contributed by atoms with Gasteiger partial charge >= 0.3 is 0 Å². The second-order valence-corrected chi connectivity index (χ2v) is 6.90. The van der Waals surface area contributed by atoms with Crippen LogP contribution in [0.3, 0.4) is 0 Å². The lowest BCUT2D eigenvalue weighted by Crippen LogP contribution is -2.41. The molecular weight excluding hydrogens is 318 g/mol. The molecule has 2 fully saturated rings. The molecule has 110 valence electrons. The van der Waals surface area contributed by atoms with Crippen LogP contribution in [-0.4, -0.2) is 41.1 Å². The predicted molar refractivity (Wildman–Crippen MR) is 83.0 cm³/mol. The molecule has 1 amide bonds. The highest BCUT2D eigenvalue weighted by atomic mass is 79.9. The van der Waals surface area contributed by atoms with Gasteiger partial charge in [0.05, 0.1) is 0 Å². The third kappa shape index (κ3) is 3.09. The highest BCUT2D eigenvalue weighted by Gasteiger charge is 2.28. The van der Waals surface area contributed by atoms with Crippen LogP contribution < -0.4 is 5.32 Å². The van der Waals surface area contributed by atoms with Crippen molar-refractivity contribution in [3.63, 3.8) is 0 Å². The molecule has 1 atom stereocenters. The van der Waals surface area contributed by atoms with Gasteiger partial charge in [-0.2, -0.15) is 0 Å². The van der Waals surface area contributed by atoms with Crippen LogP contribution in [0.5, 0.6) is 0 Å². The maximum atomic E-state index is 12.4. The summed E-state index contributed by atoms with van der Waals surface area (Å²) < 4.78 is 3.10. The Morgan fingerprint density at radius 1 is 1.45 bits per heavy atom. The minimum Gasteiger partial charge on any atom is -0.349 e. The first-order chi connectivity index (χ1) is 9.65. The summed E-state index contributed by atoms with van der Waals surface area (Å²) in [7, 11) is 0. The maximum Gasteiger partial charge on any atom is 0.268 e. The summed E-state index contributed by atoms with van der Waals surface area (Å²) >= 11 is 3.47. The van der Waals surface area contributed by atoms with Crippen LogP contribution in [0.2, 0.25) is 0 Å². The number of amides is 1.